The van der Waals surface area contributed by atoms with E-state index in [0.717, 1.165) is 22.1 Å². The number of hydrogen-bond acceptors (Lipinski definition) is 6. The Hall–Kier alpha value is -1.11. The van der Waals surface area contributed by atoms with Crippen LogP contribution in [-0.2, 0) is 6.54 Å². The van der Waals surface area contributed by atoms with Gasteiger partial charge in [0.05, 0.1) is 22.3 Å². The third kappa shape index (κ3) is 2.50. The topological polar surface area (TPSA) is 37.8 Å². The highest BCUT2D eigenvalue weighted by atomic mass is 32.2. The van der Waals surface area contributed by atoms with Crippen LogP contribution >= 0.6 is 34.4 Å². The molecule has 3 rings (SSSR count). The molecule has 0 fully saturated rings. The van der Waals surface area contributed by atoms with Crippen LogP contribution < -0.4 is 5.32 Å². The molecule has 1 aromatic carbocycles. The molecule has 2 heterocycles. The van der Waals surface area contributed by atoms with Crippen LogP contribution in [0, 0.1) is 0 Å². The molecule has 0 unspecified atom stereocenters. The molecule has 0 aliphatic rings. The van der Waals surface area contributed by atoms with E-state index in [1.807, 2.05) is 11.7 Å². The van der Waals surface area contributed by atoms with Crippen LogP contribution in [0.4, 0.5) is 5.69 Å². The van der Waals surface area contributed by atoms with Crippen molar-refractivity contribution in [1.82, 2.24) is 9.97 Å². The smallest absolute Gasteiger partial charge is 0.150 e. The van der Waals surface area contributed by atoms with Crippen molar-refractivity contribution in [3.8, 4) is 0 Å². The van der Waals surface area contributed by atoms with Gasteiger partial charge in [-0.1, -0.05) is 11.8 Å². The number of rotatable bonds is 4. The van der Waals surface area contributed by atoms with E-state index in [0.29, 0.717) is 0 Å². The van der Waals surface area contributed by atoms with Crippen LogP contribution in [0.3, 0.4) is 0 Å². The molecule has 0 saturated heterocycles. The molecule has 18 heavy (non-hydrogen) atoms. The molecule has 0 saturated carbocycles. The zero-order valence-corrected chi connectivity index (χ0v) is 12.2. The number of thiazole rings is 2. The molecule has 0 atom stereocenters. The van der Waals surface area contributed by atoms with Crippen molar-refractivity contribution in [1.29, 1.82) is 0 Å². The highest BCUT2D eigenvalue weighted by molar-refractivity contribution is 8.00. The Labute approximate surface area is 117 Å². The zero-order valence-electron chi connectivity index (χ0n) is 9.71. The lowest BCUT2D eigenvalue weighted by molar-refractivity contribution is 1.18. The molecule has 1 N–H and O–H groups in total. The van der Waals surface area contributed by atoms with Crippen molar-refractivity contribution in [2.45, 2.75) is 10.9 Å². The fraction of sp³-hybridized carbons (Fsp3) is 0.167. The molecule has 3 aromatic rings. The summed E-state index contributed by atoms with van der Waals surface area (Å²) in [7, 11) is 0. The average Bonchev–Trinajstić information content (AvgIpc) is 3.04. The van der Waals surface area contributed by atoms with Gasteiger partial charge in [-0.2, -0.15) is 0 Å². The lowest BCUT2D eigenvalue weighted by Crippen LogP contribution is -1.96. The summed E-state index contributed by atoms with van der Waals surface area (Å²) in [5.74, 6) is 0. The predicted molar refractivity (Wildman–Crippen MR) is 80.8 cm³/mol. The number of fused-ring (bicyclic) bond motifs is 1. The van der Waals surface area contributed by atoms with Gasteiger partial charge in [-0.3, -0.25) is 4.98 Å². The second kappa shape index (κ2) is 5.26. The van der Waals surface area contributed by atoms with Crippen LogP contribution in [-0.4, -0.2) is 16.2 Å². The van der Waals surface area contributed by atoms with E-state index in [-0.39, 0.29) is 0 Å². The first-order valence-corrected chi connectivity index (χ1v) is 8.33. The number of anilines is 1. The van der Waals surface area contributed by atoms with E-state index >= 15 is 0 Å². The largest absolute Gasteiger partial charge is 0.380 e. The molecular weight excluding hydrogens is 282 g/mol. The van der Waals surface area contributed by atoms with Gasteiger partial charge in [-0.25, -0.2) is 4.98 Å². The third-order valence-electron chi connectivity index (χ3n) is 2.49. The van der Waals surface area contributed by atoms with Crippen molar-refractivity contribution in [2.75, 3.05) is 11.6 Å². The van der Waals surface area contributed by atoms with E-state index in [2.05, 4.69) is 39.7 Å². The summed E-state index contributed by atoms with van der Waals surface area (Å²) in [6.45, 7) is 0.824. The molecule has 0 aliphatic carbocycles. The maximum atomic E-state index is 4.53. The van der Waals surface area contributed by atoms with Crippen molar-refractivity contribution in [3.05, 3.63) is 34.8 Å². The molecule has 92 valence electrons. The Kier molecular flexibility index (Phi) is 3.49. The van der Waals surface area contributed by atoms with E-state index in [1.165, 1.54) is 9.58 Å². The first kappa shape index (κ1) is 12.0. The lowest BCUT2D eigenvalue weighted by Gasteiger charge is -2.03. The molecule has 0 spiro atoms. The molecule has 0 bridgehead atoms. The fourth-order valence-electron chi connectivity index (χ4n) is 1.62. The Morgan fingerprint density at radius 2 is 2.33 bits per heavy atom. The predicted octanol–water partition coefficient (Wildman–Crippen LogP) is 4.09. The maximum absolute atomic E-state index is 4.53. The summed E-state index contributed by atoms with van der Waals surface area (Å²) in [6.07, 6.45) is 3.95. The van der Waals surface area contributed by atoms with Crippen LogP contribution in [0.15, 0.2) is 34.2 Å². The van der Waals surface area contributed by atoms with Gasteiger partial charge in [-0.05, 0) is 24.5 Å². The second-order valence-corrected chi connectivity index (χ2v) is 6.74. The molecule has 0 amide bonds. The molecule has 6 heteroatoms. The summed E-state index contributed by atoms with van der Waals surface area (Å²) in [6, 6.07) is 6.31. The van der Waals surface area contributed by atoms with Gasteiger partial charge in [0.1, 0.15) is 0 Å². The van der Waals surface area contributed by atoms with Crippen LogP contribution in [0.25, 0.3) is 10.2 Å². The van der Waals surface area contributed by atoms with Gasteiger partial charge in [-0.15, -0.1) is 22.7 Å². The van der Waals surface area contributed by atoms with E-state index in [1.54, 1.807) is 34.4 Å². The molecule has 2 aromatic heterocycles. The molecular formula is C12H11N3S3. The summed E-state index contributed by atoms with van der Waals surface area (Å²) in [5, 5.41) is 3.41. The van der Waals surface area contributed by atoms with Gasteiger partial charge in [0.15, 0.2) is 4.34 Å². The van der Waals surface area contributed by atoms with Crippen LogP contribution in [0.5, 0.6) is 0 Å². The molecule has 0 radical (unpaired) electrons. The zero-order chi connectivity index (χ0) is 12.4. The SMILES string of the molecule is CSc1nc2ccc(NCc3cncs3)cc2s1. The normalized spacial score (nSPS) is 10.9. The fourth-order valence-corrected chi connectivity index (χ4v) is 3.68. The number of nitrogens with one attached hydrogen (secondary N) is 1. The second-order valence-electron chi connectivity index (χ2n) is 3.69. The van der Waals surface area contributed by atoms with Crippen LogP contribution in [0.1, 0.15) is 4.88 Å². The van der Waals surface area contributed by atoms with Gasteiger partial charge in [0, 0.05) is 16.8 Å². The van der Waals surface area contributed by atoms with E-state index in [4.69, 9.17) is 0 Å². The number of aromatic nitrogens is 2. The number of hydrogen-bond donors (Lipinski definition) is 1. The van der Waals surface area contributed by atoms with E-state index in [9.17, 15) is 0 Å². The quantitative estimate of drug-likeness (QED) is 0.735. The first-order valence-electron chi connectivity index (χ1n) is 5.41. The van der Waals surface area contributed by atoms with Gasteiger partial charge < -0.3 is 5.32 Å². The van der Waals surface area contributed by atoms with Crippen molar-refractivity contribution >= 4 is 50.3 Å². The standard InChI is InChI=1S/C12H11N3S3/c1-16-12-15-10-3-2-8(4-11(10)18-12)14-6-9-5-13-7-17-9/h2-5,7,14H,6H2,1H3. The Morgan fingerprint density at radius 1 is 1.39 bits per heavy atom. The number of nitrogens with zero attached hydrogens (tertiary/aromatic N) is 2. The lowest BCUT2D eigenvalue weighted by atomic mass is 10.3. The van der Waals surface area contributed by atoms with Crippen LogP contribution in [0.2, 0.25) is 0 Å². The van der Waals surface area contributed by atoms with Gasteiger partial charge in [0.2, 0.25) is 0 Å². The van der Waals surface area contributed by atoms with E-state index < -0.39 is 0 Å². The van der Waals surface area contributed by atoms with Crippen molar-refractivity contribution in [2.24, 2.45) is 0 Å². The van der Waals surface area contributed by atoms with Gasteiger partial charge >= 0.3 is 0 Å². The highest BCUT2D eigenvalue weighted by Crippen LogP contribution is 2.30. The minimum absolute atomic E-state index is 0.824. The summed E-state index contributed by atoms with van der Waals surface area (Å²) in [4.78, 5) is 9.83. The maximum Gasteiger partial charge on any atom is 0.150 e. The average molecular weight is 293 g/mol. The number of benzene rings is 1. The third-order valence-corrected chi connectivity index (χ3v) is 5.28. The molecule has 3 nitrogen and oxygen atoms in total. The summed E-state index contributed by atoms with van der Waals surface area (Å²) < 4.78 is 2.35. The molecule has 0 aliphatic heterocycles. The Morgan fingerprint density at radius 3 is 3.11 bits per heavy atom. The first-order chi connectivity index (χ1) is 8.85. The monoisotopic (exact) mass is 293 g/mol. The van der Waals surface area contributed by atoms with Crippen molar-refractivity contribution < 1.29 is 0 Å². The minimum atomic E-state index is 0.824. The summed E-state index contributed by atoms with van der Waals surface area (Å²) in [5.41, 5.74) is 4.06. The Balaban J connectivity index is 1.80. The van der Waals surface area contributed by atoms with Gasteiger partial charge in [0.25, 0.3) is 0 Å². The van der Waals surface area contributed by atoms with Crippen molar-refractivity contribution in [3.63, 3.8) is 0 Å². The summed E-state index contributed by atoms with van der Waals surface area (Å²) >= 11 is 5.10. The Bertz CT molecular complexity index is 646. The number of thioether (sulfide) groups is 1. The minimum Gasteiger partial charge on any atom is -0.380 e. The highest BCUT2D eigenvalue weighted by Gasteiger charge is 2.03.